The van der Waals surface area contributed by atoms with Crippen molar-refractivity contribution in [1.82, 2.24) is 19.7 Å². The Balaban J connectivity index is 1.22. The van der Waals surface area contributed by atoms with Crippen LogP contribution in [0.5, 0.6) is 11.5 Å². The van der Waals surface area contributed by atoms with E-state index >= 15 is 0 Å². The zero-order valence-electron chi connectivity index (χ0n) is 23.5. The quantitative estimate of drug-likeness (QED) is 0.519. The Morgan fingerprint density at radius 3 is 2.32 bits per heavy atom. The number of methoxy groups -OCH3 is 2. The van der Waals surface area contributed by atoms with Crippen molar-refractivity contribution in [2.75, 3.05) is 53.5 Å². The van der Waals surface area contributed by atoms with Gasteiger partial charge in [-0.15, -0.1) is 0 Å². The summed E-state index contributed by atoms with van der Waals surface area (Å²) >= 11 is 0. The van der Waals surface area contributed by atoms with Crippen LogP contribution < -0.4 is 9.47 Å². The molecule has 3 heterocycles. The van der Waals surface area contributed by atoms with Crippen molar-refractivity contribution in [2.24, 2.45) is 0 Å². The van der Waals surface area contributed by atoms with Gasteiger partial charge in [0.25, 0.3) is 5.91 Å². The zero-order chi connectivity index (χ0) is 26.5. The number of amides is 1. The number of hydrogen-bond donors (Lipinski definition) is 0. The molecule has 0 bridgehead atoms. The SMILES string of the molecule is COc1cccc(CN2CCC(c3nc(C)ccc3C(=O)N3CCN(C4CCCCC4)CC3)CC2)c1OC. The highest BCUT2D eigenvalue weighted by molar-refractivity contribution is 5.95. The van der Waals surface area contributed by atoms with Gasteiger partial charge >= 0.3 is 0 Å². The third kappa shape index (κ3) is 5.99. The number of aromatic nitrogens is 1. The van der Waals surface area contributed by atoms with E-state index in [1.807, 2.05) is 31.2 Å². The average molecular weight is 521 g/mol. The molecule has 2 aromatic rings. The van der Waals surface area contributed by atoms with E-state index in [2.05, 4.69) is 20.8 Å². The molecule has 7 nitrogen and oxygen atoms in total. The lowest BCUT2D eigenvalue weighted by Crippen LogP contribution is -2.52. The molecule has 0 unspecified atom stereocenters. The summed E-state index contributed by atoms with van der Waals surface area (Å²) < 4.78 is 11.1. The molecule has 3 fully saturated rings. The molecule has 5 rings (SSSR count). The third-order valence-electron chi connectivity index (χ3n) is 8.84. The molecular formula is C31H44N4O3. The molecule has 1 aromatic heterocycles. The second kappa shape index (κ2) is 12.5. The Morgan fingerprint density at radius 2 is 1.63 bits per heavy atom. The second-order valence-electron chi connectivity index (χ2n) is 11.2. The summed E-state index contributed by atoms with van der Waals surface area (Å²) in [4.78, 5) is 25.8. The summed E-state index contributed by atoms with van der Waals surface area (Å²) in [5, 5.41) is 0. The number of para-hydroxylation sites is 1. The number of carbonyl (C=O) groups excluding carboxylic acids is 1. The fraction of sp³-hybridized carbons (Fsp3) is 0.613. The predicted molar refractivity (Wildman–Crippen MR) is 150 cm³/mol. The second-order valence-corrected chi connectivity index (χ2v) is 11.2. The summed E-state index contributed by atoms with van der Waals surface area (Å²) in [7, 11) is 3.38. The first-order valence-electron chi connectivity index (χ1n) is 14.5. The monoisotopic (exact) mass is 520 g/mol. The van der Waals surface area contributed by atoms with Crippen LogP contribution in [0.2, 0.25) is 0 Å². The first-order valence-corrected chi connectivity index (χ1v) is 14.5. The Morgan fingerprint density at radius 1 is 0.895 bits per heavy atom. The lowest BCUT2D eigenvalue weighted by molar-refractivity contribution is 0.0521. The lowest BCUT2D eigenvalue weighted by Gasteiger charge is -2.41. The molecule has 0 atom stereocenters. The van der Waals surface area contributed by atoms with Gasteiger partial charge in [0, 0.05) is 55.9 Å². The van der Waals surface area contributed by atoms with Gasteiger partial charge in [0.15, 0.2) is 11.5 Å². The van der Waals surface area contributed by atoms with Gasteiger partial charge in [-0.25, -0.2) is 0 Å². The average Bonchev–Trinajstić information content (AvgIpc) is 2.97. The minimum atomic E-state index is 0.166. The van der Waals surface area contributed by atoms with Crippen LogP contribution in [0, 0.1) is 6.92 Å². The van der Waals surface area contributed by atoms with E-state index in [1.165, 1.54) is 32.1 Å². The molecule has 2 saturated heterocycles. The molecule has 1 saturated carbocycles. The minimum Gasteiger partial charge on any atom is -0.493 e. The molecule has 0 N–H and O–H groups in total. The number of piperidine rings is 1. The largest absolute Gasteiger partial charge is 0.493 e. The van der Waals surface area contributed by atoms with Crippen molar-refractivity contribution in [2.45, 2.75) is 70.4 Å². The summed E-state index contributed by atoms with van der Waals surface area (Å²) in [6.07, 6.45) is 8.73. The highest BCUT2D eigenvalue weighted by Gasteiger charge is 2.31. The number of pyridine rings is 1. The van der Waals surface area contributed by atoms with E-state index in [0.29, 0.717) is 5.92 Å². The van der Waals surface area contributed by atoms with Gasteiger partial charge in [-0.3, -0.25) is 19.6 Å². The molecule has 3 aliphatic rings. The molecule has 2 aliphatic heterocycles. The number of piperazine rings is 1. The van der Waals surface area contributed by atoms with Gasteiger partial charge in [-0.1, -0.05) is 31.4 Å². The molecule has 38 heavy (non-hydrogen) atoms. The van der Waals surface area contributed by atoms with Crippen molar-refractivity contribution < 1.29 is 14.3 Å². The van der Waals surface area contributed by atoms with Gasteiger partial charge in [0.05, 0.1) is 25.5 Å². The molecule has 0 spiro atoms. The zero-order valence-corrected chi connectivity index (χ0v) is 23.5. The molecular weight excluding hydrogens is 476 g/mol. The van der Waals surface area contributed by atoms with Crippen molar-refractivity contribution in [3.05, 3.63) is 52.8 Å². The number of nitrogens with zero attached hydrogens (tertiary/aromatic N) is 4. The van der Waals surface area contributed by atoms with Crippen molar-refractivity contribution in [3.8, 4) is 11.5 Å². The number of carbonyl (C=O) groups is 1. The number of ether oxygens (including phenoxy) is 2. The molecule has 1 aliphatic carbocycles. The minimum absolute atomic E-state index is 0.166. The van der Waals surface area contributed by atoms with Crippen LogP contribution in [0.4, 0.5) is 0 Å². The van der Waals surface area contributed by atoms with E-state index in [4.69, 9.17) is 14.5 Å². The predicted octanol–water partition coefficient (Wildman–Crippen LogP) is 4.88. The molecule has 1 amide bonds. The van der Waals surface area contributed by atoms with Crippen LogP contribution in [0.1, 0.15) is 78.2 Å². The molecule has 7 heteroatoms. The van der Waals surface area contributed by atoms with Crippen molar-refractivity contribution in [3.63, 3.8) is 0 Å². The lowest BCUT2D eigenvalue weighted by atomic mass is 9.89. The van der Waals surface area contributed by atoms with E-state index in [9.17, 15) is 4.79 Å². The summed E-state index contributed by atoms with van der Waals surface area (Å²) in [6.45, 7) is 8.43. The van der Waals surface area contributed by atoms with Crippen LogP contribution in [0.3, 0.4) is 0 Å². The van der Waals surface area contributed by atoms with Gasteiger partial charge in [-0.05, 0) is 63.9 Å². The van der Waals surface area contributed by atoms with Crippen LogP contribution in [0.25, 0.3) is 0 Å². The Hall–Kier alpha value is -2.64. The van der Waals surface area contributed by atoms with Gasteiger partial charge < -0.3 is 14.4 Å². The van der Waals surface area contributed by atoms with Crippen LogP contribution in [-0.4, -0.2) is 85.1 Å². The van der Waals surface area contributed by atoms with Gasteiger partial charge in [-0.2, -0.15) is 0 Å². The van der Waals surface area contributed by atoms with Gasteiger partial charge in [0.1, 0.15) is 0 Å². The number of rotatable bonds is 7. The maximum Gasteiger partial charge on any atom is 0.255 e. The standard InChI is InChI=1S/C31H44N4O3/c1-23-12-13-27(31(36)35-20-18-34(19-21-35)26-9-5-4-6-10-26)29(32-23)24-14-16-33(17-15-24)22-25-8-7-11-28(37-2)30(25)38-3/h7-8,11-13,24,26H,4-6,9-10,14-22H2,1-3H3. The smallest absolute Gasteiger partial charge is 0.255 e. The maximum atomic E-state index is 13.7. The molecule has 206 valence electrons. The Labute approximate surface area is 228 Å². The van der Waals surface area contributed by atoms with Crippen LogP contribution >= 0.6 is 0 Å². The highest BCUT2D eigenvalue weighted by Crippen LogP contribution is 2.34. The van der Waals surface area contributed by atoms with E-state index in [0.717, 1.165) is 98.7 Å². The van der Waals surface area contributed by atoms with Crippen molar-refractivity contribution >= 4 is 5.91 Å². The Kier molecular flexibility index (Phi) is 8.85. The third-order valence-corrected chi connectivity index (χ3v) is 8.84. The normalized spacial score (nSPS) is 20.4. The molecule has 1 aromatic carbocycles. The van der Waals surface area contributed by atoms with E-state index in [1.54, 1.807) is 14.2 Å². The fourth-order valence-electron chi connectivity index (χ4n) is 6.66. The summed E-state index contributed by atoms with van der Waals surface area (Å²) in [5.74, 6) is 2.06. The first-order chi connectivity index (χ1) is 18.6. The molecule has 0 radical (unpaired) electrons. The highest BCUT2D eigenvalue weighted by atomic mass is 16.5. The van der Waals surface area contributed by atoms with E-state index in [-0.39, 0.29) is 5.91 Å². The number of likely N-dealkylation sites (tertiary alicyclic amines) is 1. The number of aryl methyl sites for hydroxylation is 1. The first kappa shape index (κ1) is 26.9. The topological polar surface area (TPSA) is 58.1 Å². The van der Waals surface area contributed by atoms with E-state index < -0.39 is 0 Å². The maximum absolute atomic E-state index is 13.7. The number of benzene rings is 1. The number of hydrogen-bond acceptors (Lipinski definition) is 6. The Bertz CT molecular complexity index is 1080. The van der Waals surface area contributed by atoms with Gasteiger partial charge in [0.2, 0.25) is 0 Å². The van der Waals surface area contributed by atoms with Crippen LogP contribution in [-0.2, 0) is 6.54 Å². The summed E-state index contributed by atoms with van der Waals surface area (Å²) in [6, 6.07) is 10.8. The summed E-state index contributed by atoms with van der Waals surface area (Å²) in [5.41, 5.74) is 3.95. The van der Waals surface area contributed by atoms with Crippen LogP contribution in [0.15, 0.2) is 30.3 Å². The fourth-order valence-corrected chi connectivity index (χ4v) is 6.66. The van der Waals surface area contributed by atoms with Crippen molar-refractivity contribution in [1.29, 1.82) is 0 Å².